The maximum absolute atomic E-state index is 13.5. The number of hydrogen-bond acceptors (Lipinski definition) is 7. The molecule has 2 heterocycles. The molecule has 0 spiro atoms. The summed E-state index contributed by atoms with van der Waals surface area (Å²) in [6.45, 7) is 5.43. The second-order valence-corrected chi connectivity index (χ2v) is 10.1. The van der Waals surface area contributed by atoms with E-state index >= 15 is 0 Å². The van der Waals surface area contributed by atoms with Crippen LogP contribution in [0.1, 0.15) is 51.5 Å². The molecule has 1 aromatic carbocycles. The summed E-state index contributed by atoms with van der Waals surface area (Å²) < 4.78 is 32.5. The van der Waals surface area contributed by atoms with Gasteiger partial charge in [-0.25, -0.2) is 17.9 Å². The fraction of sp³-hybridized carbons (Fsp3) is 0.333. The molecule has 0 atom stereocenters. The van der Waals surface area contributed by atoms with Crippen LogP contribution in [0, 0.1) is 6.92 Å². The van der Waals surface area contributed by atoms with Gasteiger partial charge in [0.05, 0.1) is 20.6 Å². The lowest BCUT2D eigenvalue weighted by molar-refractivity contribution is 0.0709. The number of ether oxygens (including phenoxy) is 1. The molecule has 0 saturated carbocycles. The Morgan fingerprint density at radius 1 is 1.15 bits per heavy atom. The molecule has 0 saturated heterocycles. The molecule has 0 fully saturated rings. The number of aryl methyl sites for hydroxylation is 3. The van der Waals surface area contributed by atoms with E-state index in [0.717, 1.165) is 6.26 Å². The highest BCUT2D eigenvalue weighted by Crippen LogP contribution is 2.33. The van der Waals surface area contributed by atoms with E-state index in [4.69, 9.17) is 27.9 Å². The van der Waals surface area contributed by atoms with Gasteiger partial charge in [-0.05, 0) is 38.0 Å². The van der Waals surface area contributed by atoms with Crippen LogP contribution in [0.2, 0.25) is 10.0 Å². The molecule has 0 radical (unpaired) electrons. The molecule has 0 aliphatic heterocycles. The number of nitrogens with zero attached hydrogens (tertiary/aromatic N) is 4. The number of aromatic nitrogens is 4. The number of sulfone groups is 1. The summed E-state index contributed by atoms with van der Waals surface area (Å²) in [5.74, 6) is -1.48. The summed E-state index contributed by atoms with van der Waals surface area (Å²) in [4.78, 5) is 26.3. The molecular weight excluding hydrogens is 491 g/mol. The van der Waals surface area contributed by atoms with Crippen molar-refractivity contribution in [1.29, 1.82) is 0 Å². The Morgan fingerprint density at radius 2 is 1.82 bits per heavy atom. The van der Waals surface area contributed by atoms with E-state index in [0.29, 0.717) is 24.2 Å². The molecule has 3 rings (SSSR count). The van der Waals surface area contributed by atoms with Gasteiger partial charge in [0.1, 0.15) is 5.56 Å². The number of hydrogen-bond donors (Lipinski definition) is 0. The molecule has 176 valence electrons. The van der Waals surface area contributed by atoms with Crippen LogP contribution in [-0.2, 0) is 29.9 Å². The van der Waals surface area contributed by atoms with Crippen LogP contribution in [0.5, 0.6) is 5.88 Å². The minimum atomic E-state index is -3.54. The molecule has 2 aromatic heterocycles. The second kappa shape index (κ2) is 9.28. The lowest BCUT2D eigenvalue weighted by Crippen LogP contribution is -2.16. The van der Waals surface area contributed by atoms with Crippen LogP contribution in [0.15, 0.2) is 23.2 Å². The SMILES string of the molecule is CCc1c(S(C)(=O)=O)ccc(C(=O)c2c(C)nn(CC)c2OC(=O)c2nn(C)cc2Cl)c1Cl. The highest BCUT2D eigenvalue weighted by Gasteiger charge is 2.30. The van der Waals surface area contributed by atoms with Crippen LogP contribution in [0.25, 0.3) is 0 Å². The Bertz CT molecular complexity index is 1380. The predicted octanol–water partition coefficient (Wildman–Crippen LogP) is 3.67. The Kier molecular flexibility index (Phi) is 7.01. The second-order valence-electron chi connectivity index (χ2n) is 7.33. The van der Waals surface area contributed by atoms with Gasteiger partial charge in [0.15, 0.2) is 15.5 Å². The zero-order valence-electron chi connectivity index (χ0n) is 18.6. The summed E-state index contributed by atoms with van der Waals surface area (Å²) in [7, 11) is -1.94. The van der Waals surface area contributed by atoms with Crippen molar-refractivity contribution in [2.45, 2.75) is 38.6 Å². The smallest absolute Gasteiger partial charge is 0.367 e. The summed E-state index contributed by atoms with van der Waals surface area (Å²) in [6, 6.07) is 2.70. The summed E-state index contributed by atoms with van der Waals surface area (Å²) >= 11 is 12.5. The van der Waals surface area contributed by atoms with Crippen molar-refractivity contribution < 1.29 is 22.7 Å². The standard InChI is InChI=1S/C21H22Cl2N4O5S/c1-6-12-15(33(5,30)31)9-8-13(17(12)23)19(28)16-11(3)24-27(7-2)20(16)32-21(29)18-14(22)10-26(4)25-18/h8-10H,6-7H2,1-5H3. The first-order valence-corrected chi connectivity index (χ1v) is 12.6. The zero-order valence-corrected chi connectivity index (χ0v) is 21.0. The van der Waals surface area contributed by atoms with Gasteiger partial charge in [-0.1, -0.05) is 30.1 Å². The number of halogens is 2. The topological polar surface area (TPSA) is 113 Å². The van der Waals surface area contributed by atoms with E-state index in [1.54, 1.807) is 27.8 Å². The summed E-state index contributed by atoms with van der Waals surface area (Å²) in [6.07, 6.45) is 2.83. The minimum absolute atomic E-state index is 0.0270. The van der Waals surface area contributed by atoms with E-state index < -0.39 is 21.6 Å². The van der Waals surface area contributed by atoms with Gasteiger partial charge in [0, 0.05) is 31.6 Å². The summed E-state index contributed by atoms with van der Waals surface area (Å²) in [5.41, 5.74) is 0.659. The van der Waals surface area contributed by atoms with Crippen molar-refractivity contribution in [3.05, 3.63) is 56.5 Å². The van der Waals surface area contributed by atoms with Crippen molar-refractivity contribution in [3.63, 3.8) is 0 Å². The van der Waals surface area contributed by atoms with E-state index in [1.165, 1.54) is 27.7 Å². The highest BCUT2D eigenvalue weighted by atomic mass is 35.5. The van der Waals surface area contributed by atoms with Crippen molar-refractivity contribution in [2.24, 2.45) is 7.05 Å². The predicted molar refractivity (Wildman–Crippen MR) is 123 cm³/mol. The average Bonchev–Trinajstić information content (AvgIpc) is 3.24. The van der Waals surface area contributed by atoms with Crippen LogP contribution in [-0.4, -0.2) is 46.0 Å². The minimum Gasteiger partial charge on any atom is -0.402 e. The van der Waals surface area contributed by atoms with Crippen molar-refractivity contribution >= 4 is 44.8 Å². The van der Waals surface area contributed by atoms with Gasteiger partial charge in [-0.2, -0.15) is 10.2 Å². The number of rotatable bonds is 7. The van der Waals surface area contributed by atoms with Gasteiger partial charge in [0.2, 0.25) is 11.7 Å². The van der Waals surface area contributed by atoms with E-state index in [9.17, 15) is 18.0 Å². The monoisotopic (exact) mass is 512 g/mol. The molecule has 3 aromatic rings. The van der Waals surface area contributed by atoms with Gasteiger partial charge >= 0.3 is 5.97 Å². The molecule has 0 bridgehead atoms. The molecule has 0 aliphatic rings. The van der Waals surface area contributed by atoms with E-state index in [1.807, 2.05) is 0 Å². The largest absolute Gasteiger partial charge is 0.402 e. The quantitative estimate of drug-likeness (QED) is 0.350. The number of benzene rings is 1. The third-order valence-corrected chi connectivity index (χ3v) is 6.86. The molecular formula is C21H22Cl2N4O5S. The van der Waals surface area contributed by atoms with Crippen molar-refractivity contribution in [2.75, 3.05) is 6.26 Å². The molecule has 12 heteroatoms. The number of esters is 1. The zero-order chi connectivity index (χ0) is 24.7. The first-order valence-electron chi connectivity index (χ1n) is 9.95. The normalized spacial score (nSPS) is 11.6. The fourth-order valence-corrected chi connectivity index (χ4v) is 5.17. The third-order valence-electron chi connectivity index (χ3n) is 4.97. The highest BCUT2D eigenvalue weighted by molar-refractivity contribution is 7.90. The lowest BCUT2D eigenvalue weighted by Gasteiger charge is -2.13. The Morgan fingerprint density at radius 3 is 2.33 bits per heavy atom. The third kappa shape index (κ3) is 4.68. The first-order chi connectivity index (χ1) is 15.4. The average molecular weight is 513 g/mol. The molecule has 0 aliphatic carbocycles. The number of carbonyl (C=O) groups excluding carboxylic acids is 2. The van der Waals surface area contributed by atoms with Gasteiger partial charge in [-0.3, -0.25) is 9.48 Å². The molecule has 0 N–H and O–H groups in total. The van der Waals surface area contributed by atoms with Crippen LogP contribution in [0.3, 0.4) is 0 Å². The lowest BCUT2D eigenvalue weighted by atomic mass is 10.00. The Labute approximate surface area is 201 Å². The Hall–Kier alpha value is -2.69. The van der Waals surface area contributed by atoms with Gasteiger partial charge in [-0.15, -0.1) is 0 Å². The fourth-order valence-electron chi connectivity index (χ4n) is 3.46. The Balaban J connectivity index is 2.12. The van der Waals surface area contributed by atoms with E-state index in [2.05, 4.69) is 10.2 Å². The molecule has 9 nitrogen and oxygen atoms in total. The van der Waals surface area contributed by atoms with Crippen LogP contribution < -0.4 is 4.74 Å². The van der Waals surface area contributed by atoms with Crippen LogP contribution >= 0.6 is 23.2 Å². The van der Waals surface area contributed by atoms with Crippen molar-refractivity contribution in [1.82, 2.24) is 19.6 Å². The molecule has 0 unspecified atom stereocenters. The molecule has 0 amide bonds. The number of carbonyl (C=O) groups is 2. The van der Waals surface area contributed by atoms with Gasteiger partial charge in [0.25, 0.3) is 0 Å². The summed E-state index contributed by atoms with van der Waals surface area (Å²) in [5, 5.41) is 8.41. The van der Waals surface area contributed by atoms with E-state index in [-0.39, 0.29) is 37.6 Å². The van der Waals surface area contributed by atoms with Crippen LogP contribution in [0.4, 0.5) is 0 Å². The van der Waals surface area contributed by atoms with Gasteiger partial charge < -0.3 is 4.74 Å². The maximum Gasteiger partial charge on any atom is 0.367 e. The first kappa shape index (κ1) is 24.9. The number of ketones is 1. The maximum atomic E-state index is 13.5. The van der Waals surface area contributed by atoms with Crippen molar-refractivity contribution in [3.8, 4) is 5.88 Å². The molecule has 33 heavy (non-hydrogen) atoms.